The van der Waals surface area contributed by atoms with Gasteiger partial charge in [0.25, 0.3) is 0 Å². The van der Waals surface area contributed by atoms with Crippen molar-refractivity contribution in [2.24, 2.45) is 7.05 Å². The van der Waals surface area contributed by atoms with Gasteiger partial charge in [0.2, 0.25) is 6.10 Å². The minimum Gasteiger partial charge on any atom is -0.475 e. The molecule has 3 rings (SSSR count). The first-order chi connectivity index (χ1) is 10.6. The molecule has 1 atom stereocenters. The van der Waals surface area contributed by atoms with E-state index in [2.05, 4.69) is 5.10 Å². The Morgan fingerprint density at radius 3 is 3.05 bits per heavy atom. The molecule has 2 aromatic rings. The zero-order valence-corrected chi connectivity index (χ0v) is 12.3. The molecule has 1 aromatic carbocycles. The number of anilines is 1. The number of carbonyl (C=O) groups excluding carboxylic acids is 1. The summed E-state index contributed by atoms with van der Waals surface area (Å²) in [6.07, 6.45) is 2.87. The van der Waals surface area contributed by atoms with Crippen LogP contribution in [0.25, 0.3) is 0 Å². The molecular weight excluding hydrogens is 289 g/mol. The maximum Gasteiger partial charge on any atom is 0.348 e. The second kappa shape index (κ2) is 5.67. The van der Waals surface area contributed by atoms with Crippen molar-refractivity contribution in [1.82, 2.24) is 9.78 Å². The van der Waals surface area contributed by atoms with Crippen molar-refractivity contribution in [2.45, 2.75) is 12.6 Å². The standard InChI is InChI=1S/C15H16FN3O3/c1-18-7-10(6-17-18)8-19-9-14(15(20)21-2)22-13-5-11(16)3-4-12(13)19/h3-7,14H,8-9H2,1-2H3/t14-/m1/s1. The molecule has 0 saturated heterocycles. The van der Waals surface area contributed by atoms with Crippen molar-refractivity contribution >= 4 is 11.7 Å². The summed E-state index contributed by atoms with van der Waals surface area (Å²) in [7, 11) is 3.14. The number of rotatable bonds is 3. The number of halogens is 1. The average Bonchev–Trinajstić information content (AvgIpc) is 2.91. The predicted molar refractivity (Wildman–Crippen MR) is 77.1 cm³/mol. The van der Waals surface area contributed by atoms with Gasteiger partial charge in [0.15, 0.2) is 0 Å². The highest BCUT2D eigenvalue weighted by atomic mass is 19.1. The van der Waals surface area contributed by atoms with Crippen molar-refractivity contribution < 1.29 is 18.7 Å². The van der Waals surface area contributed by atoms with E-state index in [9.17, 15) is 9.18 Å². The summed E-state index contributed by atoms with van der Waals surface area (Å²) in [5, 5.41) is 4.13. The summed E-state index contributed by atoms with van der Waals surface area (Å²) >= 11 is 0. The van der Waals surface area contributed by atoms with E-state index in [4.69, 9.17) is 9.47 Å². The Morgan fingerprint density at radius 2 is 2.36 bits per heavy atom. The summed E-state index contributed by atoms with van der Waals surface area (Å²) in [5.41, 5.74) is 1.73. The highest BCUT2D eigenvalue weighted by Crippen LogP contribution is 2.35. The van der Waals surface area contributed by atoms with Gasteiger partial charge < -0.3 is 14.4 Å². The van der Waals surface area contributed by atoms with E-state index < -0.39 is 17.9 Å². The Kier molecular flexibility index (Phi) is 3.70. The monoisotopic (exact) mass is 305 g/mol. The van der Waals surface area contributed by atoms with Gasteiger partial charge in [0.1, 0.15) is 11.6 Å². The summed E-state index contributed by atoms with van der Waals surface area (Å²) in [6.45, 7) is 0.878. The lowest BCUT2D eigenvalue weighted by atomic mass is 10.1. The van der Waals surface area contributed by atoms with E-state index in [1.807, 2.05) is 18.1 Å². The van der Waals surface area contributed by atoms with Gasteiger partial charge in [0, 0.05) is 31.4 Å². The van der Waals surface area contributed by atoms with Crippen molar-refractivity contribution in [3.05, 3.63) is 42.0 Å². The summed E-state index contributed by atoms with van der Waals surface area (Å²) in [5.74, 6) is -0.553. The first-order valence-electron chi connectivity index (χ1n) is 6.83. The van der Waals surface area contributed by atoms with Crippen molar-refractivity contribution in [3.8, 4) is 5.75 Å². The number of benzene rings is 1. The third-order valence-electron chi connectivity index (χ3n) is 3.51. The van der Waals surface area contributed by atoms with Crippen LogP contribution in [-0.4, -0.2) is 35.5 Å². The molecule has 0 N–H and O–H groups in total. The molecule has 1 aliphatic rings. The van der Waals surface area contributed by atoms with Crippen LogP contribution in [0.15, 0.2) is 30.6 Å². The topological polar surface area (TPSA) is 56.6 Å². The fraction of sp³-hybridized carbons (Fsp3) is 0.333. The van der Waals surface area contributed by atoms with Crippen LogP contribution >= 0.6 is 0 Å². The number of fused-ring (bicyclic) bond motifs is 1. The average molecular weight is 305 g/mol. The van der Waals surface area contributed by atoms with Crippen molar-refractivity contribution in [1.29, 1.82) is 0 Å². The van der Waals surface area contributed by atoms with Gasteiger partial charge in [-0.2, -0.15) is 5.10 Å². The van der Waals surface area contributed by atoms with Crippen LogP contribution in [0, 0.1) is 5.82 Å². The van der Waals surface area contributed by atoms with Crippen LogP contribution in [0.5, 0.6) is 5.75 Å². The maximum atomic E-state index is 13.4. The molecule has 0 aliphatic carbocycles. The number of ether oxygens (including phenoxy) is 2. The molecule has 116 valence electrons. The minimum atomic E-state index is -0.782. The maximum absolute atomic E-state index is 13.4. The van der Waals surface area contributed by atoms with Crippen LogP contribution in [0.1, 0.15) is 5.56 Å². The molecule has 22 heavy (non-hydrogen) atoms. The number of aryl methyl sites for hydroxylation is 1. The van der Waals surface area contributed by atoms with Gasteiger partial charge in [-0.25, -0.2) is 9.18 Å². The normalized spacial score (nSPS) is 16.9. The van der Waals surface area contributed by atoms with Gasteiger partial charge in [-0.15, -0.1) is 0 Å². The van der Waals surface area contributed by atoms with Crippen LogP contribution < -0.4 is 9.64 Å². The molecule has 0 radical (unpaired) electrons. The quantitative estimate of drug-likeness (QED) is 0.804. The minimum absolute atomic E-state index is 0.334. The molecule has 1 aliphatic heterocycles. The lowest BCUT2D eigenvalue weighted by molar-refractivity contribution is -0.148. The number of aromatic nitrogens is 2. The molecular formula is C15H16FN3O3. The zero-order valence-electron chi connectivity index (χ0n) is 12.3. The summed E-state index contributed by atoms with van der Waals surface area (Å²) in [6, 6.07) is 4.30. The molecule has 0 bridgehead atoms. The van der Waals surface area contributed by atoms with E-state index in [1.165, 1.54) is 19.2 Å². The van der Waals surface area contributed by atoms with Crippen molar-refractivity contribution in [3.63, 3.8) is 0 Å². The highest BCUT2D eigenvalue weighted by molar-refractivity contribution is 5.78. The smallest absolute Gasteiger partial charge is 0.348 e. The van der Waals surface area contributed by atoms with Crippen LogP contribution in [0.3, 0.4) is 0 Å². The number of hydrogen-bond donors (Lipinski definition) is 0. The first kappa shape index (κ1) is 14.4. The van der Waals surface area contributed by atoms with Gasteiger partial charge in [0.05, 0.1) is 25.5 Å². The second-order valence-electron chi connectivity index (χ2n) is 5.14. The predicted octanol–water partition coefficient (Wildman–Crippen LogP) is 1.50. The molecule has 0 saturated carbocycles. The Morgan fingerprint density at radius 1 is 1.55 bits per heavy atom. The first-order valence-corrected chi connectivity index (χ1v) is 6.83. The van der Waals surface area contributed by atoms with E-state index >= 15 is 0 Å². The molecule has 0 amide bonds. The van der Waals surface area contributed by atoms with E-state index in [0.717, 1.165) is 11.3 Å². The third kappa shape index (κ3) is 2.74. The third-order valence-corrected chi connectivity index (χ3v) is 3.51. The van der Waals surface area contributed by atoms with Crippen LogP contribution in [-0.2, 0) is 23.1 Å². The molecule has 6 nitrogen and oxygen atoms in total. The highest BCUT2D eigenvalue weighted by Gasteiger charge is 2.31. The lowest BCUT2D eigenvalue weighted by Gasteiger charge is -2.34. The van der Waals surface area contributed by atoms with Gasteiger partial charge in [-0.05, 0) is 12.1 Å². The van der Waals surface area contributed by atoms with E-state index in [-0.39, 0.29) is 0 Å². The number of carbonyl (C=O) groups is 1. The SMILES string of the molecule is COC(=O)[C@H]1CN(Cc2cnn(C)c2)c2ccc(F)cc2O1. The summed E-state index contributed by atoms with van der Waals surface area (Å²) < 4.78 is 25.4. The number of esters is 1. The molecule has 1 aromatic heterocycles. The Bertz CT molecular complexity index is 701. The number of methoxy groups -OCH3 is 1. The number of nitrogens with zero attached hydrogens (tertiary/aromatic N) is 3. The Labute approximate surface area is 127 Å². The lowest BCUT2D eigenvalue weighted by Crippen LogP contribution is -2.44. The summed E-state index contributed by atoms with van der Waals surface area (Å²) in [4.78, 5) is 13.7. The van der Waals surface area contributed by atoms with E-state index in [0.29, 0.717) is 18.8 Å². The van der Waals surface area contributed by atoms with Gasteiger partial charge in [-0.1, -0.05) is 0 Å². The largest absolute Gasteiger partial charge is 0.475 e. The fourth-order valence-electron chi connectivity index (χ4n) is 2.51. The second-order valence-corrected chi connectivity index (χ2v) is 5.14. The molecule has 0 fully saturated rings. The Balaban J connectivity index is 1.91. The number of hydrogen-bond acceptors (Lipinski definition) is 5. The van der Waals surface area contributed by atoms with Crippen molar-refractivity contribution in [2.75, 3.05) is 18.6 Å². The molecule has 2 heterocycles. The van der Waals surface area contributed by atoms with Gasteiger partial charge >= 0.3 is 5.97 Å². The van der Waals surface area contributed by atoms with Crippen LogP contribution in [0.2, 0.25) is 0 Å². The molecule has 7 heteroatoms. The molecule has 0 unspecified atom stereocenters. The molecule has 0 spiro atoms. The fourth-order valence-corrected chi connectivity index (χ4v) is 2.51. The van der Waals surface area contributed by atoms with Crippen LogP contribution in [0.4, 0.5) is 10.1 Å². The Hall–Kier alpha value is -2.57. The zero-order chi connectivity index (χ0) is 15.7. The van der Waals surface area contributed by atoms with E-state index in [1.54, 1.807) is 16.9 Å². The van der Waals surface area contributed by atoms with Gasteiger partial charge in [-0.3, -0.25) is 4.68 Å².